The van der Waals surface area contributed by atoms with Gasteiger partial charge in [-0.05, 0) is 36.2 Å². The Kier molecular flexibility index (Phi) is 5.65. The van der Waals surface area contributed by atoms with E-state index in [4.69, 9.17) is 0 Å². The minimum absolute atomic E-state index is 0.508. The molecule has 0 radical (unpaired) electrons. The van der Waals surface area contributed by atoms with Crippen LogP contribution in [0.15, 0.2) is 30.3 Å². The van der Waals surface area contributed by atoms with Crippen molar-refractivity contribution < 1.29 is 0 Å². The van der Waals surface area contributed by atoms with Crippen molar-refractivity contribution in [1.82, 2.24) is 5.32 Å². The summed E-state index contributed by atoms with van der Waals surface area (Å²) in [6.07, 6.45) is 5.35. The predicted octanol–water partition coefficient (Wildman–Crippen LogP) is 5.19. The van der Waals surface area contributed by atoms with E-state index < -0.39 is 0 Å². The molecule has 4 atom stereocenters. The molecule has 1 aliphatic rings. The molecule has 112 valence electrons. The van der Waals surface area contributed by atoms with Gasteiger partial charge >= 0.3 is 0 Å². The molecule has 4 unspecified atom stereocenters. The summed E-state index contributed by atoms with van der Waals surface area (Å²) in [5.41, 5.74) is 1.45. The lowest BCUT2D eigenvalue weighted by Gasteiger charge is -2.37. The zero-order chi connectivity index (χ0) is 14.5. The molecule has 1 fully saturated rings. The Hall–Kier alpha value is -0.820. The van der Waals surface area contributed by atoms with Crippen molar-refractivity contribution in [3.05, 3.63) is 35.9 Å². The van der Waals surface area contributed by atoms with Crippen LogP contribution in [0.3, 0.4) is 0 Å². The van der Waals surface area contributed by atoms with Gasteiger partial charge in [-0.15, -0.1) is 0 Å². The first kappa shape index (κ1) is 15.6. The Balaban J connectivity index is 2.07. The summed E-state index contributed by atoms with van der Waals surface area (Å²) in [7, 11) is 0. The number of hydrogen-bond acceptors (Lipinski definition) is 1. The summed E-state index contributed by atoms with van der Waals surface area (Å²) >= 11 is 0. The second-order valence-electron chi connectivity index (χ2n) is 7.13. The number of hydrogen-bond donors (Lipinski definition) is 1. The minimum Gasteiger partial charge on any atom is -0.307 e. The molecule has 2 rings (SSSR count). The van der Waals surface area contributed by atoms with Gasteiger partial charge in [0.05, 0.1) is 0 Å². The maximum atomic E-state index is 3.98. The van der Waals surface area contributed by atoms with Crippen molar-refractivity contribution in [1.29, 1.82) is 0 Å². The van der Waals surface area contributed by atoms with Crippen LogP contribution in [0.5, 0.6) is 0 Å². The molecule has 0 spiro atoms. The standard InChI is InChI=1S/C19H31N/c1-14(2)13-19(17-10-6-5-7-11-17)20-18-12-8-9-15(3)16(18)4/h5-7,10-11,14-16,18-20H,8-9,12-13H2,1-4H3. The van der Waals surface area contributed by atoms with Crippen LogP contribution in [0.25, 0.3) is 0 Å². The number of rotatable bonds is 5. The van der Waals surface area contributed by atoms with E-state index in [0.717, 1.165) is 17.8 Å². The van der Waals surface area contributed by atoms with Gasteiger partial charge in [0.1, 0.15) is 0 Å². The van der Waals surface area contributed by atoms with Crippen LogP contribution in [0.1, 0.15) is 65.0 Å². The highest BCUT2D eigenvalue weighted by atomic mass is 15.0. The average molecular weight is 273 g/mol. The first-order valence-electron chi connectivity index (χ1n) is 8.39. The van der Waals surface area contributed by atoms with Crippen LogP contribution in [-0.4, -0.2) is 6.04 Å². The smallest absolute Gasteiger partial charge is 0.0325 e. The van der Waals surface area contributed by atoms with Gasteiger partial charge in [0.25, 0.3) is 0 Å². The van der Waals surface area contributed by atoms with Crippen molar-refractivity contribution in [2.75, 3.05) is 0 Å². The van der Waals surface area contributed by atoms with Gasteiger partial charge in [0.2, 0.25) is 0 Å². The lowest BCUT2D eigenvalue weighted by atomic mass is 9.77. The molecule has 0 aliphatic heterocycles. The van der Waals surface area contributed by atoms with E-state index in [-0.39, 0.29) is 0 Å². The zero-order valence-corrected chi connectivity index (χ0v) is 13.6. The van der Waals surface area contributed by atoms with Gasteiger partial charge in [-0.25, -0.2) is 0 Å². The quantitative estimate of drug-likeness (QED) is 0.778. The summed E-state index contributed by atoms with van der Waals surface area (Å²) in [6.45, 7) is 9.49. The predicted molar refractivity (Wildman–Crippen MR) is 87.7 cm³/mol. The lowest BCUT2D eigenvalue weighted by Crippen LogP contribution is -2.42. The Morgan fingerprint density at radius 3 is 2.45 bits per heavy atom. The second-order valence-corrected chi connectivity index (χ2v) is 7.13. The van der Waals surface area contributed by atoms with Crippen LogP contribution in [0, 0.1) is 17.8 Å². The van der Waals surface area contributed by atoms with Crippen LogP contribution in [-0.2, 0) is 0 Å². The van der Waals surface area contributed by atoms with Crippen molar-refractivity contribution in [3.63, 3.8) is 0 Å². The second kappa shape index (κ2) is 7.26. The molecule has 0 amide bonds. The Morgan fingerprint density at radius 1 is 1.10 bits per heavy atom. The van der Waals surface area contributed by atoms with Crippen LogP contribution in [0.4, 0.5) is 0 Å². The molecule has 1 N–H and O–H groups in total. The molecular weight excluding hydrogens is 242 g/mol. The topological polar surface area (TPSA) is 12.0 Å². The molecule has 1 aliphatic carbocycles. The molecular formula is C19H31N. The van der Waals surface area contributed by atoms with Crippen molar-refractivity contribution in [2.24, 2.45) is 17.8 Å². The van der Waals surface area contributed by atoms with Crippen molar-refractivity contribution in [3.8, 4) is 0 Å². The van der Waals surface area contributed by atoms with Crippen LogP contribution in [0.2, 0.25) is 0 Å². The highest BCUT2D eigenvalue weighted by Gasteiger charge is 2.29. The molecule has 1 aromatic carbocycles. The van der Waals surface area contributed by atoms with Gasteiger partial charge < -0.3 is 5.32 Å². The lowest BCUT2D eigenvalue weighted by molar-refractivity contribution is 0.187. The molecule has 1 heteroatoms. The van der Waals surface area contributed by atoms with E-state index in [9.17, 15) is 0 Å². The number of benzene rings is 1. The maximum absolute atomic E-state index is 3.98. The van der Waals surface area contributed by atoms with E-state index >= 15 is 0 Å². The Bertz CT molecular complexity index is 384. The SMILES string of the molecule is CC(C)CC(NC1CCCC(C)C1C)c1ccccc1. The Morgan fingerprint density at radius 2 is 1.80 bits per heavy atom. The third-order valence-electron chi connectivity index (χ3n) is 5.03. The third kappa shape index (κ3) is 4.09. The van der Waals surface area contributed by atoms with E-state index in [1.165, 1.54) is 31.2 Å². The summed E-state index contributed by atoms with van der Waals surface area (Å²) < 4.78 is 0. The average Bonchev–Trinajstić information content (AvgIpc) is 2.43. The van der Waals surface area contributed by atoms with Crippen molar-refractivity contribution in [2.45, 2.75) is 65.5 Å². The zero-order valence-electron chi connectivity index (χ0n) is 13.6. The monoisotopic (exact) mass is 273 g/mol. The van der Waals surface area contributed by atoms with Crippen LogP contribution >= 0.6 is 0 Å². The van der Waals surface area contributed by atoms with E-state index in [1.807, 2.05) is 0 Å². The largest absolute Gasteiger partial charge is 0.307 e. The highest BCUT2D eigenvalue weighted by Crippen LogP contribution is 2.32. The molecule has 1 nitrogen and oxygen atoms in total. The Labute approximate surface area is 125 Å². The molecule has 20 heavy (non-hydrogen) atoms. The summed E-state index contributed by atoms with van der Waals surface area (Å²) in [6, 6.07) is 12.2. The third-order valence-corrected chi connectivity index (χ3v) is 5.03. The van der Waals surface area contributed by atoms with Gasteiger partial charge in [-0.3, -0.25) is 0 Å². The fourth-order valence-corrected chi connectivity index (χ4v) is 3.53. The van der Waals surface area contributed by atoms with E-state index in [0.29, 0.717) is 12.1 Å². The number of nitrogens with one attached hydrogen (secondary N) is 1. The van der Waals surface area contributed by atoms with E-state index in [2.05, 4.69) is 63.3 Å². The summed E-state index contributed by atoms with van der Waals surface area (Å²) in [5, 5.41) is 3.98. The minimum atomic E-state index is 0.508. The first-order valence-corrected chi connectivity index (χ1v) is 8.39. The van der Waals surface area contributed by atoms with Gasteiger partial charge in [-0.2, -0.15) is 0 Å². The van der Waals surface area contributed by atoms with Gasteiger partial charge in [0, 0.05) is 12.1 Å². The first-order chi connectivity index (χ1) is 9.58. The summed E-state index contributed by atoms with van der Waals surface area (Å²) in [5.74, 6) is 2.38. The highest BCUT2D eigenvalue weighted by molar-refractivity contribution is 5.19. The molecule has 0 saturated heterocycles. The molecule has 1 saturated carbocycles. The normalized spacial score (nSPS) is 28.6. The summed E-state index contributed by atoms with van der Waals surface area (Å²) in [4.78, 5) is 0. The van der Waals surface area contributed by atoms with Crippen molar-refractivity contribution >= 4 is 0 Å². The molecule has 1 aromatic rings. The molecule has 0 aromatic heterocycles. The van der Waals surface area contributed by atoms with Gasteiger partial charge in [-0.1, -0.05) is 70.9 Å². The fraction of sp³-hybridized carbons (Fsp3) is 0.684. The molecule has 0 bridgehead atoms. The maximum Gasteiger partial charge on any atom is 0.0325 e. The molecule has 0 heterocycles. The van der Waals surface area contributed by atoms with E-state index in [1.54, 1.807) is 0 Å². The fourth-order valence-electron chi connectivity index (χ4n) is 3.53. The van der Waals surface area contributed by atoms with Crippen LogP contribution < -0.4 is 5.32 Å². The van der Waals surface area contributed by atoms with Gasteiger partial charge in [0.15, 0.2) is 0 Å².